The van der Waals surface area contributed by atoms with E-state index in [-0.39, 0.29) is 16.8 Å². The van der Waals surface area contributed by atoms with Crippen LogP contribution in [-0.4, -0.2) is 43.0 Å². The number of nitro benzene ring substituents is 1. The molecule has 0 radical (unpaired) electrons. The van der Waals surface area contributed by atoms with Crippen molar-refractivity contribution in [3.05, 3.63) is 69.3 Å². The van der Waals surface area contributed by atoms with Crippen molar-refractivity contribution in [3.8, 4) is 0 Å². The Labute approximate surface area is 166 Å². The van der Waals surface area contributed by atoms with Crippen LogP contribution in [0.5, 0.6) is 0 Å². The highest BCUT2D eigenvalue weighted by Crippen LogP contribution is 2.30. The molecule has 9 nitrogen and oxygen atoms in total. The zero-order valence-corrected chi connectivity index (χ0v) is 15.6. The highest BCUT2D eigenvalue weighted by Gasteiger charge is 2.26. The molecule has 0 bridgehead atoms. The number of aryl methyl sites for hydroxylation is 1. The van der Waals surface area contributed by atoms with E-state index >= 15 is 0 Å². The molecule has 1 heterocycles. The topological polar surface area (TPSA) is 116 Å². The predicted molar refractivity (Wildman–Crippen MR) is 102 cm³/mol. The summed E-state index contributed by atoms with van der Waals surface area (Å²) in [6.45, 7) is -0.106. The van der Waals surface area contributed by atoms with Gasteiger partial charge in [-0.2, -0.15) is 0 Å². The summed E-state index contributed by atoms with van der Waals surface area (Å²) >= 11 is 0. The Balaban J connectivity index is 1.72. The summed E-state index contributed by atoms with van der Waals surface area (Å²) in [5.74, 6) is -1.96. The number of rotatable bonds is 5. The van der Waals surface area contributed by atoms with Gasteiger partial charge in [0.2, 0.25) is 0 Å². The fourth-order valence-electron chi connectivity index (χ4n) is 3.19. The molecule has 29 heavy (non-hydrogen) atoms. The molecule has 0 saturated heterocycles. The van der Waals surface area contributed by atoms with Crippen LogP contribution < -0.4 is 4.90 Å². The van der Waals surface area contributed by atoms with Crippen LogP contribution in [0.2, 0.25) is 0 Å². The second kappa shape index (κ2) is 8.51. The van der Waals surface area contributed by atoms with E-state index in [0.29, 0.717) is 30.6 Å². The van der Waals surface area contributed by atoms with Crippen LogP contribution >= 0.6 is 0 Å². The number of carbonyl (C=O) groups is 3. The first-order chi connectivity index (χ1) is 13.9. The summed E-state index contributed by atoms with van der Waals surface area (Å²) in [7, 11) is 1.20. The molecule has 1 amide bonds. The van der Waals surface area contributed by atoms with Crippen molar-refractivity contribution in [2.45, 2.75) is 12.8 Å². The van der Waals surface area contributed by atoms with Gasteiger partial charge in [0.25, 0.3) is 11.6 Å². The first kappa shape index (κ1) is 20.0. The number of hydrogen-bond acceptors (Lipinski definition) is 7. The Bertz CT molecular complexity index is 987. The van der Waals surface area contributed by atoms with Crippen molar-refractivity contribution >= 4 is 29.2 Å². The van der Waals surface area contributed by atoms with Gasteiger partial charge in [-0.05, 0) is 36.6 Å². The molecule has 150 valence electrons. The third-order valence-corrected chi connectivity index (χ3v) is 4.57. The van der Waals surface area contributed by atoms with Gasteiger partial charge >= 0.3 is 11.9 Å². The van der Waals surface area contributed by atoms with Crippen molar-refractivity contribution in [2.75, 3.05) is 25.2 Å². The summed E-state index contributed by atoms with van der Waals surface area (Å²) < 4.78 is 9.75. The maximum absolute atomic E-state index is 12.6. The number of anilines is 1. The van der Waals surface area contributed by atoms with E-state index in [1.165, 1.54) is 42.3 Å². The number of carbonyl (C=O) groups excluding carboxylic acids is 3. The molecule has 1 aliphatic heterocycles. The zero-order valence-electron chi connectivity index (χ0n) is 15.6. The fourth-order valence-corrected chi connectivity index (χ4v) is 3.19. The van der Waals surface area contributed by atoms with Crippen LogP contribution in [-0.2, 0) is 20.7 Å². The second-order valence-corrected chi connectivity index (χ2v) is 6.33. The molecule has 0 N–H and O–H groups in total. The lowest BCUT2D eigenvalue weighted by molar-refractivity contribution is -0.384. The van der Waals surface area contributed by atoms with Gasteiger partial charge in [-0.1, -0.05) is 12.1 Å². The molecular formula is C20H18N2O7. The van der Waals surface area contributed by atoms with Gasteiger partial charge < -0.3 is 14.4 Å². The number of fused-ring (bicyclic) bond motifs is 1. The smallest absolute Gasteiger partial charge is 0.339 e. The summed E-state index contributed by atoms with van der Waals surface area (Å²) in [4.78, 5) is 48.7. The van der Waals surface area contributed by atoms with Gasteiger partial charge in [-0.25, -0.2) is 9.59 Å². The maximum Gasteiger partial charge on any atom is 0.339 e. The molecule has 0 saturated carbocycles. The Morgan fingerprint density at radius 1 is 1.10 bits per heavy atom. The number of nitrogens with zero attached hydrogens (tertiary/aromatic N) is 2. The van der Waals surface area contributed by atoms with Gasteiger partial charge in [0, 0.05) is 24.4 Å². The molecule has 0 spiro atoms. The van der Waals surface area contributed by atoms with Gasteiger partial charge in [0.1, 0.15) is 0 Å². The normalized spacial score (nSPS) is 12.7. The van der Waals surface area contributed by atoms with Gasteiger partial charge in [-0.15, -0.1) is 0 Å². The Morgan fingerprint density at radius 3 is 2.45 bits per heavy atom. The second-order valence-electron chi connectivity index (χ2n) is 6.33. The minimum Gasteiger partial charge on any atom is -0.465 e. The average molecular weight is 398 g/mol. The SMILES string of the molecule is COC(=O)c1ccccc1C(=O)OCC(=O)N1CCCc2cc([N+](=O)[O-])ccc21. The number of nitro groups is 1. The summed E-state index contributed by atoms with van der Waals surface area (Å²) in [6, 6.07) is 10.3. The Morgan fingerprint density at radius 2 is 1.79 bits per heavy atom. The first-order valence-corrected chi connectivity index (χ1v) is 8.84. The lowest BCUT2D eigenvalue weighted by Gasteiger charge is -2.29. The van der Waals surface area contributed by atoms with E-state index in [0.717, 1.165) is 0 Å². The van der Waals surface area contributed by atoms with Crippen molar-refractivity contribution in [3.63, 3.8) is 0 Å². The first-order valence-electron chi connectivity index (χ1n) is 8.84. The molecular weight excluding hydrogens is 380 g/mol. The van der Waals surface area contributed by atoms with Crippen LogP contribution in [0.4, 0.5) is 11.4 Å². The van der Waals surface area contributed by atoms with Crippen molar-refractivity contribution in [1.29, 1.82) is 0 Å². The quantitative estimate of drug-likeness (QED) is 0.432. The highest BCUT2D eigenvalue weighted by atomic mass is 16.6. The van der Waals surface area contributed by atoms with Crippen LogP contribution in [0.15, 0.2) is 42.5 Å². The van der Waals surface area contributed by atoms with E-state index in [1.54, 1.807) is 12.1 Å². The van der Waals surface area contributed by atoms with E-state index in [2.05, 4.69) is 4.74 Å². The molecule has 1 aliphatic rings. The third kappa shape index (κ3) is 4.23. The molecule has 9 heteroatoms. The molecule has 0 aromatic heterocycles. The monoisotopic (exact) mass is 398 g/mol. The molecule has 3 rings (SSSR count). The molecule has 0 fully saturated rings. The number of hydrogen-bond donors (Lipinski definition) is 0. The Kier molecular flexibility index (Phi) is 5.87. The van der Waals surface area contributed by atoms with Gasteiger partial charge in [0.05, 0.1) is 23.2 Å². The molecule has 2 aromatic rings. The van der Waals surface area contributed by atoms with Crippen LogP contribution in [0.25, 0.3) is 0 Å². The van der Waals surface area contributed by atoms with Gasteiger partial charge in [-0.3, -0.25) is 14.9 Å². The maximum atomic E-state index is 12.6. The average Bonchev–Trinajstić information content (AvgIpc) is 2.75. The van der Waals surface area contributed by atoms with Crippen molar-refractivity contribution < 1.29 is 28.8 Å². The number of ether oxygens (including phenoxy) is 2. The van der Waals surface area contributed by atoms with Crippen molar-refractivity contribution in [2.24, 2.45) is 0 Å². The highest BCUT2D eigenvalue weighted by molar-refractivity contribution is 6.04. The summed E-state index contributed by atoms with van der Waals surface area (Å²) in [5.41, 5.74) is 1.27. The van der Waals surface area contributed by atoms with Crippen LogP contribution in [0.3, 0.4) is 0 Å². The van der Waals surface area contributed by atoms with E-state index < -0.39 is 29.4 Å². The zero-order chi connectivity index (χ0) is 21.0. The van der Waals surface area contributed by atoms with Gasteiger partial charge in [0.15, 0.2) is 6.61 Å². The third-order valence-electron chi connectivity index (χ3n) is 4.57. The number of esters is 2. The lowest BCUT2D eigenvalue weighted by Crippen LogP contribution is -2.38. The number of methoxy groups -OCH3 is 1. The number of benzene rings is 2. The predicted octanol–water partition coefficient (Wildman–Crippen LogP) is 2.52. The molecule has 0 aliphatic carbocycles. The van der Waals surface area contributed by atoms with E-state index in [9.17, 15) is 24.5 Å². The molecule has 2 aromatic carbocycles. The Hall–Kier alpha value is -3.75. The largest absolute Gasteiger partial charge is 0.465 e. The number of amides is 1. The van der Waals surface area contributed by atoms with E-state index in [1.807, 2.05) is 0 Å². The van der Waals surface area contributed by atoms with Crippen molar-refractivity contribution in [1.82, 2.24) is 0 Å². The molecule has 0 atom stereocenters. The van der Waals surface area contributed by atoms with Crippen LogP contribution in [0.1, 0.15) is 32.7 Å². The standard InChI is InChI=1S/C20H18N2O7/c1-28-19(24)15-6-2-3-7-16(15)20(25)29-12-18(23)21-10-4-5-13-11-14(22(26)27)8-9-17(13)21/h2-3,6-9,11H,4-5,10,12H2,1H3. The molecule has 0 unspecified atom stereocenters. The number of non-ortho nitro benzene ring substituents is 1. The summed E-state index contributed by atoms with van der Waals surface area (Å²) in [5, 5.41) is 10.9. The van der Waals surface area contributed by atoms with Crippen LogP contribution in [0, 0.1) is 10.1 Å². The lowest BCUT2D eigenvalue weighted by atomic mass is 10.0. The summed E-state index contributed by atoms with van der Waals surface area (Å²) in [6.07, 6.45) is 1.26. The van der Waals surface area contributed by atoms with E-state index in [4.69, 9.17) is 4.74 Å². The minimum atomic E-state index is -0.819. The minimum absolute atomic E-state index is 0.00168. The fraction of sp³-hybridized carbons (Fsp3) is 0.250.